The van der Waals surface area contributed by atoms with Gasteiger partial charge in [0.2, 0.25) is 0 Å². The Bertz CT molecular complexity index is 113. The summed E-state index contributed by atoms with van der Waals surface area (Å²) in [4.78, 5) is 10.8. The molecule has 1 N–H and O–H groups in total. The Kier molecular flexibility index (Phi) is 5.61. The van der Waals surface area contributed by atoms with Gasteiger partial charge in [-0.05, 0) is 20.3 Å². The summed E-state index contributed by atoms with van der Waals surface area (Å²) in [6.45, 7) is 7.93. The van der Waals surface area contributed by atoms with Crippen LogP contribution in [0.25, 0.3) is 0 Å². The zero-order chi connectivity index (χ0) is 8.69. The van der Waals surface area contributed by atoms with Crippen LogP contribution in [0, 0.1) is 6.92 Å². The molecule has 0 aromatic rings. The lowest BCUT2D eigenvalue weighted by Gasteiger charge is -2.08. The topological polar surface area (TPSA) is 38.3 Å². The summed E-state index contributed by atoms with van der Waals surface area (Å²) in [7, 11) is 0. The van der Waals surface area contributed by atoms with Crippen molar-refractivity contribution >= 4 is 6.09 Å². The first-order valence-electron chi connectivity index (χ1n) is 3.93. The molecule has 0 aromatic carbocycles. The Labute approximate surface area is 68.1 Å². The SMILES string of the molecule is [CH2]C(C)NC(=O)OCCCC. The van der Waals surface area contributed by atoms with Crippen LogP contribution in [0.5, 0.6) is 0 Å². The van der Waals surface area contributed by atoms with Crippen LogP contribution >= 0.6 is 0 Å². The van der Waals surface area contributed by atoms with Crippen LogP contribution in [0.1, 0.15) is 26.7 Å². The number of carbonyl (C=O) groups excluding carboxylic acids is 1. The molecule has 0 heterocycles. The van der Waals surface area contributed by atoms with Gasteiger partial charge in [0.15, 0.2) is 0 Å². The summed E-state index contributed by atoms with van der Waals surface area (Å²) < 4.78 is 4.80. The number of nitrogens with one attached hydrogen (secondary N) is 1. The van der Waals surface area contributed by atoms with E-state index in [2.05, 4.69) is 12.2 Å². The van der Waals surface area contributed by atoms with Crippen LogP contribution in [-0.2, 0) is 4.74 Å². The molecule has 1 amide bonds. The second-order valence-electron chi connectivity index (χ2n) is 2.53. The number of hydrogen-bond acceptors (Lipinski definition) is 2. The highest BCUT2D eigenvalue weighted by Crippen LogP contribution is 1.88. The average molecular weight is 158 g/mol. The second-order valence-corrected chi connectivity index (χ2v) is 2.53. The second kappa shape index (κ2) is 6.01. The van der Waals surface area contributed by atoms with E-state index in [9.17, 15) is 4.79 Å². The van der Waals surface area contributed by atoms with E-state index in [1.165, 1.54) is 0 Å². The highest BCUT2D eigenvalue weighted by Gasteiger charge is 2.01. The number of rotatable bonds is 4. The molecule has 1 radical (unpaired) electrons. The fourth-order valence-corrected chi connectivity index (χ4v) is 0.552. The number of carbonyl (C=O) groups is 1. The van der Waals surface area contributed by atoms with E-state index in [1.54, 1.807) is 6.92 Å². The van der Waals surface area contributed by atoms with Gasteiger partial charge in [0, 0.05) is 6.04 Å². The minimum Gasteiger partial charge on any atom is -0.450 e. The van der Waals surface area contributed by atoms with Gasteiger partial charge in [-0.3, -0.25) is 0 Å². The van der Waals surface area contributed by atoms with Crippen molar-refractivity contribution in [3.63, 3.8) is 0 Å². The molecule has 0 aliphatic rings. The maximum absolute atomic E-state index is 10.8. The van der Waals surface area contributed by atoms with Gasteiger partial charge in [0.05, 0.1) is 6.61 Å². The van der Waals surface area contributed by atoms with Crippen molar-refractivity contribution in [2.45, 2.75) is 32.7 Å². The zero-order valence-corrected chi connectivity index (χ0v) is 7.22. The molecule has 3 nitrogen and oxygen atoms in total. The summed E-state index contributed by atoms with van der Waals surface area (Å²) in [6, 6.07) is -0.0934. The lowest BCUT2D eigenvalue weighted by Crippen LogP contribution is -2.31. The molecule has 0 saturated heterocycles. The normalized spacial score (nSPS) is 9.82. The summed E-state index contributed by atoms with van der Waals surface area (Å²) >= 11 is 0. The lowest BCUT2D eigenvalue weighted by molar-refractivity contribution is 0.143. The fraction of sp³-hybridized carbons (Fsp3) is 0.750. The molecular weight excluding hydrogens is 142 g/mol. The van der Waals surface area contributed by atoms with Crippen molar-refractivity contribution < 1.29 is 9.53 Å². The van der Waals surface area contributed by atoms with Gasteiger partial charge in [-0.25, -0.2) is 4.79 Å². The van der Waals surface area contributed by atoms with E-state index in [0.29, 0.717) is 6.61 Å². The minimum absolute atomic E-state index is 0.0934. The van der Waals surface area contributed by atoms with E-state index >= 15 is 0 Å². The molecule has 0 spiro atoms. The number of amides is 1. The van der Waals surface area contributed by atoms with Crippen molar-refractivity contribution in [2.24, 2.45) is 0 Å². The Morgan fingerprint density at radius 1 is 1.73 bits per heavy atom. The quantitative estimate of drug-likeness (QED) is 0.633. The van der Waals surface area contributed by atoms with Crippen molar-refractivity contribution in [3.05, 3.63) is 6.92 Å². The number of unbranched alkanes of at least 4 members (excludes halogenated alkanes) is 1. The first kappa shape index (κ1) is 10.3. The minimum atomic E-state index is -0.374. The fourth-order valence-electron chi connectivity index (χ4n) is 0.552. The van der Waals surface area contributed by atoms with Crippen LogP contribution in [-0.4, -0.2) is 18.7 Å². The van der Waals surface area contributed by atoms with Gasteiger partial charge >= 0.3 is 6.09 Å². The van der Waals surface area contributed by atoms with E-state index in [1.807, 2.05) is 6.92 Å². The maximum atomic E-state index is 10.8. The Morgan fingerprint density at radius 2 is 2.36 bits per heavy atom. The van der Waals surface area contributed by atoms with Gasteiger partial charge in [-0.15, -0.1) is 0 Å². The molecule has 0 bridgehead atoms. The Morgan fingerprint density at radius 3 is 2.82 bits per heavy atom. The van der Waals surface area contributed by atoms with Gasteiger partial charge < -0.3 is 10.1 Å². The molecule has 1 atom stereocenters. The van der Waals surface area contributed by atoms with Gasteiger partial charge in [-0.2, -0.15) is 0 Å². The van der Waals surface area contributed by atoms with Crippen molar-refractivity contribution in [2.75, 3.05) is 6.61 Å². The van der Waals surface area contributed by atoms with Crippen LogP contribution in [0.15, 0.2) is 0 Å². The third kappa shape index (κ3) is 7.16. The van der Waals surface area contributed by atoms with Crippen LogP contribution < -0.4 is 5.32 Å². The Hall–Kier alpha value is -0.730. The molecule has 0 saturated carbocycles. The molecule has 0 rings (SSSR count). The molecule has 0 aromatic heterocycles. The van der Waals surface area contributed by atoms with E-state index in [4.69, 9.17) is 4.74 Å². The third-order valence-corrected chi connectivity index (χ3v) is 1.10. The average Bonchev–Trinajstić information content (AvgIpc) is 1.86. The molecular formula is C8H16NO2. The van der Waals surface area contributed by atoms with Gasteiger partial charge in [0.25, 0.3) is 0 Å². The molecule has 0 aliphatic heterocycles. The zero-order valence-electron chi connectivity index (χ0n) is 7.22. The Balaban J connectivity index is 3.23. The number of alkyl carbamates (subject to hydrolysis) is 1. The first-order chi connectivity index (χ1) is 5.16. The third-order valence-electron chi connectivity index (χ3n) is 1.10. The van der Waals surface area contributed by atoms with Crippen LogP contribution in [0.4, 0.5) is 4.79 Å². The number of ether oxygens (including phenoxy) is 1. The summed E-state index contributed by atoms with van der Waals surface area (Å²) in [6.07, 6.45) is 1.58. The number of hydrogen-bond donors (Lipinski definition) is 1. The summed E-state index contributed by atoms with van der Waals surface area (Å²) in [5.74, 6) is 0. The summed E-state index contributed by atoms with van der Waals surface area (Å²) in [5, 5.41) is 2.53. The standard InChI is InChI=1S/C8H16NO2/c1-4-5-6-11-8(10)9-7(2)3/h7H,2,4-6H2,1,3H3,(H,9,10). The molecule has 0 aliphatic carbocycles. The largest absolute Gasteiger partial charge is 0.450 e. The van der Waals surface area contributed by atoms with Crippen molar-refractivity contribution in [1.82, 2.24) is 5.32 Å². The summed E-state index contributed by atoms with van der Waals surface area (Å²) in [5.41, 5.74) is 0. The monoisotopic (exact) mass is 158 g/mol. The van der Waals surface area contributed by atoms with E-state index in [0.717, 1.165) is 12.8 Å². The first-order valence-corrected chi connectivity index (χ1v) is 3.93. The molecule has 1 unspecified atom stereocenters. The maximum Gasteiger partial charge on any atom is 0.407 e. The van der Waals surface area contributed by atoms with Crippen molar-refractivity contribution in [1.29, 1.82) is 0 Å². The smallest absolute Gasteiger partial charge is 0.407 e. The van der Waals surface area contributed by atoms with Gasteiger partial charge in [0.1, 0.15) is 0 Å². The predicted molar refractivity (Wildman–Crippen MR) is 44.2 cm³/mol. The molecule has 3 heteroatoms. The highest BCUT2D eigenvalue weighted by atomic mass is 16.5. The van der Waals surface area contributed by atoms with Gasteiger partial charge in [-0.1, -0.05) is 13.3 Å². The highest BCUT2D eigenvalue weighted by molar-refractivity contribution is 5.67. The van der Waals surface area contributed by atoms with Crippen LogP contribution in [0.3, 0.4) is 0 Å². The predicted octanol–water partition coefficient (Wildman–Crippen LogP) is 1.74. The van der Waals surface area contributed by atoms with Crippen LogP contribution in [0.2, 0.25) is 0 Å². The van der Waals surface area contributed by atoms with E-state index < -0.39 is 0 Å². The molecule has 11 heavy (non-hydrogen) atoms. The molecule has 65 valence electrons. The molecule has 0 fully saturated rings. The lowest BCUT2D eigenvalue weighted by atomic mass is 10.4. The van der Waals surface area contributed by atoms with Crippen molar-refractivity contribution in [3.8, 4) is 0 Å². The van der Waals surface area contributed by atoms with E-state index in [-0.39, 0.29) is 12.1 Å².